The molecule has 3 nitrogen and oxygen atoms in total. The fourth-order valence-corrected chi connectivity index (χ4v) is 3.20. The van der Waals surface area contributed by atoms with Crippen LogP contribution in [0.15, 0.2) is 0 Å². The van der Waals surface area contributed by atoms with E-state index in [9.17, 15) is 5.11 Å². The molecule has 1 N–H and O–H groups in total. The Morgan fingerprint density at radius 1 is 1.47 bits per heavy atom. The van der Waals surface area contributed by atoms with Crippen molar-refractivity contribution in [3.8, 4) is 0 Å². The summed E-state index contributed by atoms with van der Waals surface area (Å²) in [4.78, 5) is 5.72. The fourth-order valence-electron chi connectivity index (χ4n) is 2.23. The Bertz CT molecular complexity index is 363. The highest BCUT2D eigenvalue weighted by atomic mass is 32.1. The Labute approximate surface area is 107 Å². The summed E-state index contributed by atoms with van der Waals surface area (Å²) in [6, 6.07) is 0. The van der Waals surface area contributed by atoms with Gasteiger partial charge in [0.05, 0.1) is 22.4 Å². The van der Waals surface area contributed by atoms with Gasteiger partial charge in [0.25, 0.3) is 0 Å². The second-order valence-corrected chi connectivity index (χ2v) is 6.38. The van der Waals surface area contributed by atoms with Gasteiger partial charge in [-0.3, -0.25) is 0 Å². The molecular formula is C13H21NO2S. The minimum Gasteiger partial charge on any atom is -0.390 e. The number of aliphatic hydroxyl groups is 1. The van der Waals surface area contributed by atoms with Crippen LogP contribution in [0.3, 0.4) is 0 Å². The third-order valence-corrected chi connectivity index (χ3v) is 4.74. The maximum atomic E-state index is 10.3. The van der Waals surface area contributed by atoms with Crippen LogP contribution in [0.25, 0.3) is 0 Å². The predicted octanol–water partition coefficient (Wildman–Crippen LogP) is 2.62. The summed E-state index contributed by atoms with van der Waals surface area (Å²) in [6.07, 6.45) is 3.35. The zero-order valence-corrected chi connectivity index (χ0v) is 11.6. The van der Waals surface area contributed by atoms with Crippen LogP contribution in [-0.2, 0) is 11.2 Å². The van der Waals surface area contributed by atoms with Crippen LogP contribution in [0, 0.1) is 13.8 Å². The van der Waals surface area contributed by atoms with E-state index < -0.39 is 6.10 Å². The highest BCUT2D eigenvalue weighted by Crippen LogP contribution is 2.30. The average molecular weight is 255 g/mol. The van der Waals surface area contributed by atoms with Crippen LogP contribution < -0.4 is 0 Å². The monoisotopic (exact) mass is 255 g/mol. The molecule has 4 heteroatoms. The number of aryl methyl sites for hydroxylation is 2. The zero-order chi connectivity index (χ0) is 12.5. The molecule has 1 aromatic heterocycles. The van der Waals surface area contributed by atoms with Gasteiger partial charge in [-0.2, -0.15) is 0 Å². The van der Waals surface area contributed by atoms with E-state index in [0.717, 1.165) is 36.6 Å². The number of ether oxygens (including phenoxy) is 1. The second-order valence-electron chi connectivity index (χ2n) is 5.09. The third kappa shape index (κ3) is 2.87. The number of nitrogens with zero attached hydrogens (tertiary/aromatic N) is 1. The fraction of sp³-hybridized carbons (Fsp3) is 0.769. The molecule has 1 fully saturated rings. The Morgan fingerprint density at radius 2 is 2.24 bits per heavy atom. The SMILES string of the molecule is Cc1nc(CC(O)C2(C)CCCCO2)sc1C. The molecule has 2 unspecified atom stereocenters. The van der Waals surface area contributed by atoms with Crippen LogP contribution in [0.4, 0.5) is 0 Å². The molecule has 0 saturated carbocycles. The van der Waals surface area contributed by atoms with Crippen LogP contribution in [0.1, 0.15) is 41.8 Å². The van der Waals surface area contributed by atoms with Crippen molar-refractivity contribution in [2.45, 2.75) is 58.2 Å². The van der Waals surface area contributed by atoms with Crippen molar-refractivity contribution in [3.05, 3.63) is 15.6 Å². The van der Waals surface area contributed by atoms with E-state index in [1.165, 1.54) is 4.88 Å². The normalized spacial score (nSPS) is 27.1. The van der Waals surface area contributed by atoms with Crippen molar-refractivity contribution >= 4 is 11.3 Å². The van der Waals surface area contributed by atoms with Gasteiger partial charge in [-0.15, -0.1) is 11.3 Å². The summed E-state index contributed by atoms with van der Waals surface area (Å²) in [7, 11) is 0. The van der Waals surface area contributed by atoms with Crippen molar-refractivity contribution in [1.82, 2.24) is 4.98 Å². The number of rotatable bonds is 3. The molecule has 1 aliphatic heterocycles. The van der Waals surface area contributed by atoms with E-state index >= 15 is 0 Å². The van der Waals surface area contributed by atoms with Gasteiger partial charge in [0.15, 0.2) is 0 Å². The molecule has 0 amide bonds. The van der Waals surface area contributed by atoms with Crippen LogP contribution in [0.5, 0.6) is 0 Å². The molecule has 0 radical (unpaired) electrons. The van der Waals surface area contributed by atoms with E-state index in [2.05, 4.69) is 11.9 Å². The molecule has 96 valence electrons. The Kier molecular flexibility index (Phi) is 3.85. The predicted molar refractivity (Wildman–Crippen MR) is 69.5 cm³/mol. The van der Waals surface area contributed by atoms with Gasteiger partial charge in [0, 0.05) is 17.9 Å². The Morgan fingerprint density at radius 3 is 2.76 bits per heavy atom. The molecule has 0 aromatic carbocycles. The first kappa shape index (κ1) is 13.0. The highest BCUT2D eigenvalue weighted by Gasteiger charge is 2.36. The van der Waals surface area contributed by atoms with Crippen LogP contribution in [0.2, 0.25) is 0 Å². The summed E-state index contributed by atoms with van der Waals surface area (Å²) >= 11 is 1.68. The summed E-state index contributed by atoms with van der Waals surface area (Å²) in [5.41, 5.74) is 0.693. The van der Waals surface area contributed by atoms with Crippen molar-refractivity contribution in [2.24, 2.45) is 0 Å². The summed E-state index contributed by atoms with van der Waals surface area (Å²) < 4.78 is 5.76. The standard InChI is InChI=1S/C13H21NO2S/c1-9-10(2)17-12(14-9)8-11(15)13(3)6-4-5-7-16-13/h11,15H,4-8H2,1-3H3. The van der Waals surface area contributed by atoms with Crippen molar-refractivity contribution in [2.75, 3.05) is 6.61 Å². The first-order valence-corrected chi connectivity index (χ1v) is 7.08. The van der Waals surface area contributed by atoms with Gasteiger partial charge in [-0.25, -0.2) is 4.98 Å². The quantitative estimate of drug-likeness (QED) is 0.903. The minimum absolute atomic E-state index is 0.383. The maximum absolute atomic E-state index is 10.3. The van der Waals surface area contributed by atoms with E-state index in [0.29, 0.717) is 6.42 Å². The van der Waals surface area contributed by atoms with E-state index in [-0.39, 0.29) is 5.60 Å². The van der Waals surface area contributed by atoms with E-state index in [1.54, 1.807) is 11.3 Å². The molecule has 0 spiro atoms. The Hall–Kier alpha value is -0.450. The van der Waals surface area contributed by atoms with Gasteiger partial charge in [0.2, 0.25) is 0 Å². The molecule has 2 heterocycles. The Balaban J connectivity index is 2.02. The van der Waals surface area contributed by atoms with Gasteiger partial charge >= 0.3 is 0 Å². The molecule has 0 aliphatic carbocycles. The number of thiazole rings is 1. The van der Waals surface area contributed by atoms with Crippen molar-refractivity contribution < 1.29 is 9.84 Å². The van der Waals surface area contributed by atoms with E-state index in [4.69, 9.17) is 4.74 Å². The topological polar surface area (TPSA) is 42.4 Å². The molecule has 0 bridgehead atoms. The molecule has 1 aromatic rings. The first-order valence-electron chi connectivity index (χ1n) is 6.26. The summed E-state index contributed by atoms with van der Waals surface area (Å²) in [5, 5.41) is 11.3. The second kappa shape index (κ2) is 5.04. The maximum Gasteiger partial charge on any atom is 0.0957 e. The third-order valence-electron chi connectivity index (χ3n) is 3.64. The van der Waals surface area contributed by atoms with Crippen molar-refractivity contribution in [1.29, 1.82) is 0 Å². The van der Waals surface area contributed by atoms with E-state index in [1.807, 2.05) is 13.8 Å². The lowest BCUT2D eigenvalue weighted by Crippen LogP contribution is -2.45. The lowest BCUT2D eigenvalue weighted by molar-refractivity contribution is -0.135. The van der Waals surface area contributed by atoms with Crippen molar-refractivity contribution in [3.63, 3.8) is 0 Å². The van der Waals surface area contributed by atoms with Gasteiger partial charge < -0.3 is 9.84 Å². The summed E-state index contributed by atoms with van der Waals surface area (Å²) in [5.74, 6) is 0. The lowest BCUT2D eigenvalue weighted by Gasteiger charge is -2.37. The van der Waals surface area contributed by atoms with Crippen LogP contribution in [-0.4, -0.2) is 28.4 Å². The highest BCUT2D eigenvalue weighted by molar-refractivity contribution is 7.11. The molecule has 1 saturated heterocycles. The van der Waals surface area contributed by atoms with Gasteiger partial charge in [0.1, 0.15) is 0 Å². The average Bonchev–Trinajstić information content (AvgIpc) is 2.59. The smallest absolute Gasteiger partial charge is 0.0957 e. The van der Waals surface area contributed by atoms with Gasteiger partial charge in [-0.05, 0) is 40.0 Å². The van der Waals surface area contributed by atoms with Crippen LogP contribution >= 0.6 is 11.3 Å². The molecule has 2 rings (SSSR count). The molecular weight excluding hydrogens is 234 g/mol. The molecule has 2 atom stereocenters. The van der Waals surface area contributed by atoms with Gasteiger partial charge in [-0.1, -0.05) is 0 Å². The number of aromatic nitrogens is 1. The number of aliphatic hydroxyl groups excluding tert-OH is 1. The lowest BCUT2D eigenvalue weighted by atomic mass is 9.88. The molecule has 17 heavy (non-hydrogen) atoms. The number of hydrogen-bond donors (Lipinski definition) is 1. The zero-order valence-electron chi connectivity index (χ0n) is 10.8. The number of hydrogen-bond acceptors (Lipinski definition) is 4. The summed E-state index contributed by atoms with van der Waals surface area (Å²) in [6.45, 7) is 6.87. The largest absolute Gasteiger partial charge is 0.390 e. The minimum atomic E-state index is -0.451. The molecule has 1 aliphatic rings. The first-order chi connectivity index (χ1) is 8.01.